The van der Waals surface area contributed by atoms with Crippen LogP contribution in [0.15, 0.2) is 77.9 Å². The summed E-state index contributed by atoms with van der Waals surface area (Å²) in [6.45, 7) is -0.00337. The van der Waals surface area contributed by atoms with Crippen LogP contribution in [0.4, 0.5) is 23.4 Å². The molecule has 0 spiro atoms. The largest absolute Gasteiger partial charge is 0.573 e. The van der Waals surface area contributed by atoms with Crippen molar-refractivity contribution < 1.29 is 32.2 Å². The summed E-state index contributed by atoms with van der Waals surface area (Å²) < 4.78 is 56.0. The number of rotatable bonds is 6. The summed E-state index contributed by atoms with van der Waals surface area (Å²) in [7, 11) is 0. The number of nitrogens with one attached hydrogen (secondary N) is 1. The molecule has 180 valence electrons. The van der Waals surface area contributed by atoms with E-state index in [1.165, 1.54) is 47.3 Å². The molecule has 4 rings (SSSR count). The average molecular weight is 488 g/mol. The summed E-state index contributed by atoms with van der Waals surface area (Å²) in [6.07, 6.45) is -2.28. The number of benzene rings is 2. The van der Waals surface area contributed by atoms with E-state index in [-0.39, 0.29) is 23.6 Å². The molecule has 1 amide bonds. The number of amides is 1. The van der Waals surface area contributed by atoms with E-state index in [4.69, 9.17) is 0 Å². The van der Waals surface area contributed by atoms with Crippen molar-refractivity contribution >= 4 is 11.7 Å². The third-order valence-electron chi connectivity index (χ3n) is 4.79. The van der Waals surface area contributed by atoms with Crippen LogP contribution in [-0.4, -0.2) is 31.5 Å². The Morgan fingerprint density at radius 1 is 1.06 bits per heavy atom. The number of ether oxygens (including phenoxy) is 1. The Kier molecular flexibility index (Phi) is 6.28. The minimum atomic E-state index is -4.86. The quantitative estimate of drug-likeness (QED) is 0.399. The summed E-state index contributed by atoms with van der Waals surface area (Å²) in [5.41, 5.74) is 0.259. The van der Waals surface area contributed by atoms with Crippen LogP contribution >= 0.6 is 0 Å². The number of anilines is 1. The van der Waals surface area contributed by atoms with E-state index >= 15 is 0 Å². The summed E-state index contributed by atoms with van der Waals surface area (Å²) >= 11 is 0. The van der Waals surface area contributed by atoms with Crippen LogP contribution in [0.3, 0.4) is 0 Å². The van der Waals surface area contributed by atoms with Crippen molar-refractivity contribution in [3.63, 3.8) is 0 Å². The van der Waals surface area contributed by atoms with Gasteiger partial charge in [0.25, 0.3) is 5.91 Å². The van der Waals surface area contributed by atoms with Crippen molar-refractivity contribution in [2.45, 2.75) is 12.9 Å². The van der Waals surface area contributed by atoms with Crippen molar-refractivity contribution in [1.29, 1.82) is 0 Å². The lowest BCUT2D eigenvalue weighted by Gasteiger charge is -2.09. The number of carbonyl (C=O) groups excluding carboxylic acids is 1. The normalized spacial score (nSPS) is 11.3. The maximum absolute atomic E-state index is 13.0. The van der Waals surface area contributed by atoms with Crippen molar-refractivity contribution in [2.24, 2.45) is 0 Å². The molecule has 0 atom stereocenters. The highest BCUT2D eigenvalue weighted by Gasteiger charge is 2.31. The molecule has 4 aromatic rings. The minimum Gasteiger partial charge on any atom is -0.493 e. The molecule has 0 fully saturated rings. The number of aromatic hydroxyl groups is 1. The van der Waals surface area contributed by atoms with Gasteiger partial charge in [0.1, 0.15) is 17.4 Å². The Hall–Kier alpha value is -4.61. The lowest BCUT2D eigenvalue weighted by molar-refractivity contribution is -0.274. The predicted molar refractivity (Wildman–Crippen MR) is 116 cm³/mol. The first-order valence-corrected chi connectivity index (χ1v) is 9.98. The van der Waals surface area contributed by atoms with Gasteiger partial charge in [-0.25, -0.2) is 18.7 Å². The molecule has 35 heavy (non-hydrogen) atoms. The zero-order chi connectivity index (χ0) is 25.2. The number of imidazole rings is 1. The number of hydrogen-bond acceptors (Lipinski definition) is 5. The first kappa shape index (κ1) is 23.5. The topological polar surface area (TPSA) is 98.4 Å². The van der Waals surface area contributed by atoms with Crippen molar-refractivity contribution in [3.05, 3.63) is 100 Å². The monoisotopic (exact) mass is 488 g/mol. The van der Waals surface area contributed by atoms with E-state index in [0.29, 0.717) is 5.56 Å². The molecule has 0 saturated carbocycles. The molecular formula is C23H16F4N4O4. The molecule has 2 aromatic carbocycles. The number of halogens is 4. The van der Waals surface area contributed by atoms with Gasteiger partial charge in [-0.1, -0.05) is 0 Å². The molecule has 0 aliphatic carbocycles. The third-order valence-corrected chi connectivity index (χ3v) is 4.79. The molecule has 2 aromatic heterocycles. The van der Waals surface area contributed by atoms with Gasteiger partial charge in [0.15, 0.2) is 0 Å². The van der Waals surface area contributed by atoms with Crippen LogP contribution in [0.25, 0.3) is 5.69 Å². The standard InChI is InChI=1S/C23H16F4N4O4/c24-16-3-1-15(2-4-16)21(33)29-19-11-14(9-10-28-19)12-30-13-20(32)31(22(30)34)17-5-7-18(8-6-17)35-23(25,26)27/h1-11,13,32H,12H2,(H,28,29,33). The van der Waals surface area contributed by atoms with Crippen molar-refractivity contribution in [3.8, 4) is 17.3 Å². The van der Waals surface area contributed by atoms with Gasteiger partial charge in [0.05, 0.1) is 18.4 Å². The highest BCUT2D eigenvalue weighted by atomic mass is 19.4. The second-order valence-electron chi connectivity index (χ2n) is 7.29. The predicted octanol–water partition coefficient (Wildman–Crippen LogP) is 4.08. The molecule has 0 aliphatic heterocycles. The van der Waals surface area contributed by atoms with Crippen LogP contribution in [-0.2, 0) is 6.54 Å². The second-order valence-corrected chi connectivity index (χ2v) is 7.29. The number of nitrogens with zero attached hydrogens (tertiary/aromatic N) is 3. The smallest absolute Gasteiger partial charge is 0.493 e. The lowest BCUT2D eigenvalue weighted by Crippen LogP contribution is -2.23. The number of aromatic nitrogens is 3. The van der Waals surface area contributed by atoms with Gasteiger partial charge in [0.2, 0.25) is 5.88 Å². The number of alkyl halides is 3. The fraction of sp³-hybridized carbons (Fsp3) is 0.0870. The molecule has 2 heterocycles. The van der Waals surface area contributed by atoms with Gasteiger partial charge in [-0.2, -0.15) is 0 Å². The molecule has 0 unspecified atom stereocenters. The highest BCUT2D eigenvalue weighted by molar-refractivity contribution is 6.03. The van der Waals surface area contributed by atoms with Gasteiger partial charge >= 0.3 is 12.1 Å². The highest BCUT2D eigenvalue weighted by Crippen LogP contribution is 2.24. The number of hydrogen-bond donors (Lipinski definition) is 2. The first-order valence-electron chi connectivity index (χ1n) is 9.98. The van der Waals surface area contributed by atoms with E-state index in [1.54, 1.807) is 6.07 Å². The van der Waals surface area contributed by atoms with Crippen LogP contribution in [0.1, 0.15) is 15.9 Å². The van der Waals surface area contributed by atoms with Crippen molar-refractivity contribution in [2.75, 3.05) is 5.32 Å². The van der Waals surface area contributed by atoms with Crippen LogP contribution < -0.4 is 15.7 Å². The number of pyridine rings is 1. The summed E-state index contributed by atoms with van der Waals surface area (Å²) in [6, 6.07) is 12.5. The average Bonchev–Trinajstić information content (AvgIpc) is 3.06. The second kappa shape index (κ2) is 9.33. The lowest BCUT2D eigenvalue weighted by atomic mass is 10.2. The first-order chi connectivity index (χ1) is 16.6. The van der Waals surface area contributed by atoms with Crippen molar-refractivity contribution in [1.82, 2.24) is 14.1 Å². The van der Waals surface area contributed by atoms with Gasteiger partial charge in [-0.15, -0.1) is 13.2 Å². The fourth-order valence-electron chi connectivity index (χ4n) is 3.26. The van der Waals surface area contributed by atoms with Gasteiger partial charge < -0.3 is 15.2 Å². The Balaban J connectivity index is 1.51. The summed E-state index contributed by atoms with van der Waals surface area (Å²) in [4.78, 5) is 29.2. The maximum atomic E-state index is 13.0. The van der Waals surface area contributed by atoms with E-state index in [2.05, 4.69) is 15.0 Å². The Morgan fingerprint density at radius 3 is 2.40 bits per heavy atom. The number of carbonyl (C=O) groups is 1. The summed E-state index contributed by atoms with van der Waals surface area (Å²) in [5.74, 6) is -1.70. The SMILES string of the molecule is O=C(Nc1cc(Cn2cc(O)n(-c3ccc(OC(F)(F)F)cc3)c2=O)ccn1)c1ccc(F)cc1. The van der Waals surface area contributed by atoms with Gasteiger partial charge in [-0.3, -0.25) is 9.36 Å². The molecule has 0 aliphatic rings. The molecule has 2 N–H and O–H groups in total. The Labute approximate surface area is 194 Å². The fourth-order valence-corrected chi connectivity index (χ4v) is 3.26. The van der Waals surface area contributed by atoms with Crippen LogP contribution in [0, 0.1) is 5.82 Å². The van der Waals surface area contributed by atoms with E-state index < -0.39 is 35.4 Å². The third kappa shape index (κ3) is 5.66. The molecule has 0 saturated heterocycles. The maximum Gasteiger partial charge on any atom is 0.573 e. The molecule has 12 heteroatoms. The van der Waals surface area contributed by atoms with Crippen LogP contribution in [0.2, 0.25) is 0 Å². The van der Waals surface area contributed by atoms with E-state index in [9.17, 15) is 32.3 Å². The van der Waals surface area contributed by atoms with Gasteiger partial charge in [0, 0.05) is 11.8 Å². The minimum absolute atomic E-state index is 0.00337. The van der Waals surface area contributed by atoms with Gasteiger partial charge in [-0.05, 0) is 66.2 Å². The van der Waals surface area contributed by atoms with Crippen LogP contribution in [0.5, 0.6) is 11.6 Å². The molecule has 8 nitrogen and oxygen atoms in total. The Morgan fingerprint density at radius 2 is 1.74 bits per heavy atom. The molecule has 0 bridgehead atoms. The summed E-state index contributed by atoms with van der Waals surface area (Å²) in [5, 5.41) is 12.8. The zero-order valence-electron chi connectivity index (χ0n) is 17.7. The van der Waals surface area contributed by atoms with E-state index in [0.717, 1.165) is 28.8 Å². The molecule has 0 radical (unpaired) electrons. The Bertz CT molecular complexity index is 1410. The van der Waals surface area contributed by atoms with E-state index in [1.807, 2.05) is 0 Å². The zero-order valence-corrected chi connectivity index (χ0v) is 17.7. The molecular weight excluding hydrogens is 472 g/mol.